The fraction of sp³-hybridized carbons (Fsp3) is 0.167. The molecule has 0 aliphatic rings. The SMILES string of the molecule is C=C(C)/C(C)=C/C(=C\C)c1cnn(-c2ccccc2)c1. The third-order valence-corrected chi connectivity index (χ3v) is 3.29. The smallest absolute Gasteiger partial charge is 0.0645 e. The van der Waals surface area contributed by atoms with Crippen LogP contribution in [0.15, 0.2) is 72.6 Å². The zero-order valence-corrected chi connectivity index (χ0v) is 12.3. The van der Waals surface area contributed by atoms with Crippen molar-refractivity contribution in [1.29, 1.82) is 0 Å². The molecule has 0 amide bonds. The summed E-state index contributed by atoms with van der Waals surface area (Å²) >= 11 is 0. The number of hydrogen-bond acceptors (Lipinski definition) is 1. The first-order chi connectivity index (χ1) is 9.61. The van der Waals surface area contributed by atoms with Gasteiger partial charge in [0.2, 0.25) is 0 Å². The molecule has 0 spiro atoms. The van der Waals surface area contributed by atoms with Crippen LogP contribution in [0.25, 0.3) is 11.3 Å². The maximum atomic E-state index is 4.43. The van der Waals surface area contributed by atoms with Crippen molar-refractivity contribution in [2.24, 2.45) is 0 Å². The Kier molecular flexibility index (Phi) is 4.36. The first-order valence-corrected chi connectivity index (χ1v) is 6.72. The molecule has 1 aromatic heterocycles. The molecule has 2 heteroatoms. The molecule has 0 aliphatic carbocycles. The van der Waals surface area contributed by atoms with Gasteiger partial charge in [0.25, 0.3) is 0 Å². The van der Waals surface area contributed by atoms with Crippen molar-refractivity contribution in [2.45, 2.75) is 20.8 Å². The molecule has 2 nitrogen and oxygen atoms in total. The lowest BCUT2D eigenvalue weighted by Gasteiger charge is -2.02. The number of benzene rings is 1. The average Bonchev–Trinajstić information content (AvgIpc) is 2.95. The van der Waals surface area contributed by atoms with Crippen LogP contribution in [0.4, 0.5) is 0 Å². The van der Waals surface area contributed by atoms with Gasteiger partial charge in [-0.15, -0.1) is 0 Å². The summed E-state index contributed by atoms with van der Waals surface area (Å²) in [7, 11) is 0. The van der Waals surface area contributed by atoms with Gasteiger partial charge in [-0.2, -0.15) is 5.10 Å². The molecule has 2 aromatic rings. The van der Waals surface area contributed by atoms with Crippen molar-refractivity contribution < 1.29 is 0 Å². The van der Waals surface area contributed by atoms with Crippen molar-refractivity contribution in [3.05, 3.63) is 78.2 Å². The second-order valence-corrected chi connectivity index (χ2v) is 4.86. The van der Waals surface area contributed by atoms with E-state index in [4.69, 9.17) is 0 Å². The highest BCUT2D eigenvalue weighted by Crippen LogP contribution is 2.20. The van der Waals surface area contributed by atoms with E-state index in [-0.39, 0.29) is 0 Å². The lowest BCUT2D eigenvalue weighted by Crippen LogP contribution is -1.92. The molecule has 0 atom stereocenters. The quantitative estimate of drug-likeness (QED) is 0.725. The van der Waals surface area contributed by atoms with E-state index in [1.165, 1.54) is 5.57 Å². The Morgan fingerprint density at radius 3 is 2.50 bits per heavy atom. The van der Waals surface area contributed by atoms with Gasteiger partial charge < -0.3 is 0 Å². The molecular formula is C18H20N2. The molecule has 0 bridgehead atoms. The minimum atomic E-state index is 1.06. The number of allylic oxidation sites excluding steroid dienone is 5. The summed E-state index contributed by atoms with van der Waals surface area (Å²) in [6.07, 6.45) is 8.19. The maximum Gasteiger partial charge on any atom is 0.0645 e. The zero-order chi connectivity index (χ0) is 14.5. The van der Waals surface area contributed by atoms with E-state index in [1.54, 1.807) is 0 Å². The highest BCUT2D eigenvalue weighted by molar-refractivity contribution is 5.74. The molecule has 0 unspecified atom stereocenters. The van der Waals surface area contributed by atoms with Gasteiger partial charge in [-0.3, -0.25) is 0 Å². The standard InChI is InChI=1S/C18H20N2/c1-5-16(11-15(4)14(2)3)17-12-19-20(13-17)18-9-7-6-8-10-18/h5-13H,2H2,1,3-4H3/b15-11+,16-5+. The Morgan fingerprint density at radius 1 is 1.20 bits per heavy atom. The van der Waals surface area contributed by atoms with Gasteiger partial charge >= 0.3 is 0 Å². The van der Waals surface area contributed by atoms with E-state index >= 15 is 0 Å². The van der Waals surface area contributed by atoms with Gasteiger partial charge in [0.1, 0.15) is 0 Å². The van der Waals surface area contributed by atoms with Crippen molar-refractivity contribution in [2.75, 3.05) is 0 Å². The van der Waals surface area contributed by atoms with Crippen molar-refractivity contribution >= 4 is 5.57 Å². The number of nitrogens with zero attached hydrogens (tertiary/aromatic N) is 2. The van der Waals surface area contributed by atoms with Crippen LogP contribution in [0.3, 0.4) is 0 Å². The lowest BCUT2D eigenvalue weighted by atomic mass is 10.0. The third kappa shape index (κ3) is 3.15. The van der Waals surface area contributed by atoms with Crippen molar-refractivity contribution in [3.8, 4) is 5.69 Å². The molecule has 2 rings (SSSR count). The van der Waals surface area contributed by atoms with Crippen LogP contribution in [0.1, 0.15) is 26.3 Å². The third-order valence-electron chi connectivity index (χ3n) is 3.29. The van der Waals surface area contributed by atoms with Crippen LogP contribution >= 0.6 is 0 Å². The lowest BCUT2D eigenvalue weighted by molar-refractivity contribution is 0.880. The van der Waals surface area contributed by atoms with Crippen LogP contribution in [-0.2, 0) is 0 Å². The molecule has 0 saturated heterocycles. The molecule has 0 saturated carbocycles. The minimum Gasteiger partial charge on any atom is -0.240 e. The summed E-state index contributed by atoms with van der Waals surface area (Å²) in [6.45, 7) is 10.1. The Morgan fingerprint density at radius 2 is 1.90 bits per heavy atom. The summed E-state index contributed by atoms with van der Waals surface area (Å²) in [4.78, 5) is 0. The fourth-order valence-electron chi connectivity index (χ4n) is 1.88. The molecular weight excluding hydrogens is 244 g/mol. The Balaban J connectivity index is 2.33. The van der Waals surface area contributed by atoms with Gasteiger partial charge in [-0.1, -0.05) is 42.5 Å². The zero-order valence-electron chi connectivity index (χ0n) is 12.3. The Bertz CT molecular complexity index is 658. The number of para-hydroxylation sites is 1. The van der Waals surface area contributed by atoms with Crippen molar-refractivity contribution in [3.63, 3.8) is 0 Å². The van der Waals surface area contributed by atoms with E-state index in [2.05, 4.69) is 30.8 Å². The molecule has 0 fully saturated rings. The summed E-state index contributed by atoms with van der Waals surface area (Å²) in [5.41, 5.74) is 5.60. The summed E-state index contributed by atoms with van der Waals surface area (Å²) in [5.74, 6) is 0. The van der Waals surface area contributed by atoms with Gasteiger partial charge in [0, 0.05) is 11.8 Å². The normalized spacial score (nSPS) is 12.6. The first kappa shape index (κ1) is 14.1. The molecule has 1 heterocycles. The average molecular weight is 264 g/mol. The molecule has 102 valence electrons. The van der Waals surface area contributed by atoms with Gasteiger partial charge in [0.15, 0.2) is 0 Å². The largest absolute Gasteiger partial charge is 0.240 e. The van der Waals surface area contributed by atoms with Gasteiger partial charge in [0.05, 0.1) is 11.9 Å². The van der Waals surface area contributed by atoms with Crippen LogP contribution in [0.5, 0.6) is 0 Å². The van der Waals surface area contributed by atoms with Crippen LogP contribution in [0, 0.1) is 0 Å². The second kappa shape index (κ2) is 6.20. The highest BCUT2D eigenvalue weighted by Gasteiger charge is 2.04. The van der Waals surface area contributed by atoms with Crippen LogP contribution < -0.4 is 0 Å². The van der Waals surface area contributed by atoms with E-state index in [9.17, 15) is 0 Å². The first-order valence-electron chi connectivity index (χ1n) is 6.72. The van der Waals surface area contributed by atoms with E-state index in [0.717, 1.165) is 22.4 Å². The topological polar surface area (TPSA) is 17.8 Å². The van der Waals surface area contributed by atoms with E-state index in [1.807, 2.05) is 61.3 Å². The number of aromatic nitrogens is 2. The molecule has 1 aromatic carbocycles. The van der Waals surface area contributed by atoms with Crippen LogP contribution in [-0.4, -0.2) is 9.78 Å². The second-order valence-electron chi connectivity index (χ2n) is 4.86. The van der Waals surface area contributed by atoms with Gasteiger partial charge in [-0.25, -0.2) is 4.68 Å². The Hall–Kier alpha value is -2.35. The molecule has 0 N–H and O–H groups in total. The molecule has 0 radical (unpaired) electrons. The summed E-state index contributed by atoms with van der Waals surface area (Å²) < 4.78 is 1.89. The minimum absolute atomic E-state index is 1.06. The van der Waals surface area contributed by atoms with E-state index in [0.29, 0.717) is 0 Å². The summed E-state index contributed by atoms with van der Waals surface area (Å²) in [5, 5.41) is 4.43. The monoisotopic (exact) mass is 264 g/mol. The Labute approximate surface area is 120 Å². The van der Waals surface area contributed by atoms with Crippen molar-refractivity contribution in [1.82, 2.24) is 9.78 Å². The molecule has 0 aliphatic heterocycles. The number of hydrogen-bond donors (Lipinski definition) is 0. The van der Waals surface area contributed by atoms with Gasteiger partial charge in [-0.05, 0) is 44.1 Å². The van der Waals surface area contributed by atoms with E-state index < -0.39 is 0 Å². The maximum absolute atomic E-state index is 4.43. The molecule has 20 heavy (non-hydrogen) atoms. The predicted octanol–water partition coefficient (Wildman–Crippen LogP) is 4.80. The van der Waals surface area contributed by atoms with Crippen LogP contribution in [0.2, 0.25) is 0 Å². The fourth-order valence-corrected chi connectivity index (χ4v) is 1.88. The predicted molar refractivity (Wildman–Crippen MR) is 85.8 cm³/mol. The number of rotatable bonds is 4. The highest BCUT2D eigenvalue weighted by atomic mass is 15.3. The summed E-state index contributed by atoms with van der Waals surface area (Å²) in [6, 6.07) is 10.1.